The fourth-order valence-electron chi connectivity index (χ4n) is 4.03. The summed E-state index contributed by atoms with van der Waals surface area (Å²) in [5.74, 6) is 1.25. The van der Waals surface area contributed by atoms with Crippen LogP contribution in [0.5, 0.6) is 11.5 Å². The van der Waals surface area contributed by atoms with Crippen molar-refractivity contribution < 1.29 is 9.47 Å². The molecule has 0 bridgehead atoms. The standard InChI is InChI=1S/C27H24N4O3/c1-18-16-21(29-31(18)22-12-7-8-13-23(22)33-3)25-19(2)28-26-24(14-9-15-30(26)27(25)32)34-17-20-10-5-4-6-11-20/h4-16H,17H2,1-3H3. The molecule has 0 radical (unpaired) electrons. The maximum atomic E-state index is 13.5. The number of aryl methyl sites for hydroxylation is 2. The molecular weight excluding hydrogens is 428 g/mol. The summed E-state index contributed by atoms with van der Waals surface area (Å²) in [5.41, 5.74) is 4.60. The normalized spacial score (nSPS) is 11.0. The highest BCUT2D eigenvalue weighted by Gasteiger charge is 2.19. The molecule has 0 aliphatic carbocycles. The van der Waals surface area contributed by atoms with Gasteiger partial charge in [0, 0.05) is 11.9 Å². The molecule has 34 heavy (non-hydrogen) atoms. The van der Waals surface area contributed by atoms with Gasteiger partial charge in [0.1, 0.15) is 23.7 Å². The van der Waals surface area contributed by atoms with Gasteiger partial charge in [-0.2, -0.15) is 5.10 Å². The van der Waals surface area contributed by atoms with Crippen molar-refractivity contribution in [1.82, 2.24) is 19.2 Å². The van der Waals surface area contributed by atoms with E-state index in [-0.39, 0.29) is 5.56 Å². The molecule has 0 aliphatic heterocycles. The van der Waals surface area contributed by atoms with Gasteiger partial charge in [-0.05, 0) is 49.7 Å². The van der Waals surface area contributed by atoms with E-state index >= 15 is 0 Å². The Labute approximate surface area is 196 Å². The molecule has 0 spiro atoms. The number of methoxy groups -OCH3 is 1. The summed E-state index contributed by atoms with van der Waals surface area (Å²) in [4.78, 5) is 18.3. The Morgan fingerprint density at radius 1 is 0.912 bits per heavy atom. The molecule has 0 aliphatic rings. The third-order valence-electron chi connectivity index (χ3n) is 5.69. The number of pyridine rings is 1. The Bertz CT molecular complexity index is 1540. The van der Waals surface area contributed by atoms with Crippen molar-refractivity contribution in [2.24, 2.45) is 0 Å². The summed E-state index contributed by atoms with van der Waals surface area (Å²) < 4.78 is 14.8. The van der Waals surface area contributed by atoms with Crippen LogP contribution < -0.4 is 15.0 Å². The maximum absolute atomic E-state index is 13.5. The van der Waals surface area contributed by atoms with E-state index in [9.17, 15) is 4.79 Å². The molecule has 7 heteroatoms. The third kappa shape index (κ3) is 3.81. The number of hydrogen-bond acceptors (Lipinski definition) is 5. The number of rotatable bonds is 6. The largest absolute Gasteiger partial charge is 0.494 e. The fourth-order valence-corrected chi connectivity index (χ4v) is 4.03. The first kappa shape index (κ1) is 21.5. The molecule has 3 heterocycles. The van der Waals surface area contributed by atoms with Crippen molar-refractivity contribution in [1.29, 1.82) is 0 Å². The molecule has 5 aromatic rings. The summed E-state index contributed by atoms with van der Waals surface area (Å²) in [6.45, 7) is 4.15. The van der Waals surface area contributed by atoms with E-state index in [0.717, 1.165) is 16.9 Å². The molecule has 0 saturated carbocycles. The second kappa shape index (κ2) is 8.86. The smallest absolute Gasteiger partial charge is 0.267 e. The van der Waals surface area contributed by atoms with Crippen LogP contribution in [0.4, 0.5) is 0 Å². The van der Waals surface area contributed by atoms with Crippen LogP contribution in [0.25, 0.3) is 22.6 Å². The summed E-state index contributed by atoms with van der Waals surface area (Å²) in [6, 6.07) is 23.0. The van der Waals surface area contributed by atoms with Crippen LogP contribution >= 0.6 is 0 Å². The van der Waals surface area contributed by atoms with Gasteiger partial charge >= 0.3 is 0 Å². The van der Waals surface area contributed by atoms with E-state index in [1.54, 1.807) is 24.1 Å². The summed E-state index contributed by atoms with van der Waals surface area (Å²) in [7, 11) is 1.62. The van der Waals surface area contributed by atoms with Crippen LogP contribution in [0.3, 0.4) is 0 Å². The number of fused-ring (bicyclic) bond motifs is 1. The first-order valence-electron chi connectivity index (χ1n) is 11.0. The number of benzene rings is 2. The lowest BCUT2D eigenvalue weighted by atomic mass is 10.1. The van der Waals surface area contributed by atoms with E-state index in [2.05, 4.69) is 0 Å². The van der Waals surface area contributed by atoms with Crippen molar-refractivity contribution in [2.75, 3.05) is 7.11 Å². The lowest BCUT2D eigenvalue weighted by molar-refractivity contribution is 0.308. The highest BCUT2D eigenvalue weighted by Crippen LogP contribution is 2.27. The Morgan fingerprint density at radius 2 is 1.65 bits per heavy atom. The van der Waals surface area contributed by atoms with Crippen molar-refractivity contribution in [3.05, 3.63) is 106 Å². The van der Waals surface area contributed by atoms with E-state index in [0.29, 0.717) is 40.7 Å². The number of para-hydroxylation sites is 2. The predicted octanol–water partition coefficient (Wildman–Crippen LogP) is 4.75. The molecule has 0 saturated heterocycles. The van der Waals surface area contributed by atoms with Crippen molar-refractivity contribution in [2.45, 2.75) is 20.5 Å². The number of hydrogen-bond donors (Lipinski definition) is 0. The van der Waals surface area contributed by atoms with Gasteiger partial charge in [0.25, 0.3) is 5.56 Å². The van der Waals surface area contributed by atoms with Crippen LogP contribution in [-0.4, -0.2) is 26.3 Å². The topological polar surface area (TPSA) is 70.7 Å². The zero-order chi connectivity index (χ0) is 23.7. The van der Waals surface area contributed by atoms with Gasteiger partial charge in [-0.25, -0.2) is 9.67 Å². The quantitative estimate of drug-likeness (QED) is 0.372. The van der Waals surface area contributed by atoms with Gasteiger partial charge in [-0.3, -0.25) is 9.20 Å². The number of aromatic nitrogens is 4. The van der Waals surface area contributed by atoms with Crippen LogP contribution in [-0.2, 0) is 6.61 Å². The minimum Gasteiger partial charge on any atom is -0.494 e. The average molecular weight is 453 g/mol. The third-order valence-corrected chi connectivity index (χ3v) is 5.69. The highest BCUT2D eigenvalue weighted by molar-refractivity contribution is 5.66. The van der Waals surface area contributed by atoms with E-state index in [1.807, 2.05) is 80.6 Å². The molecule has 0 unspecified atom stereocenters. The second-order valence-corrected chi connectivity index (χ2v) is 7.97. The minimum absolute atomic E-state index is 0.197. The Morgan fingerprint density at radius 3 is 2.44 bits per heavy atom. The monoisotopic (exact) mass is 452 g/mol. The number of ether oxygens (including phenoxy) is 2. The maximum Gasteiger partial charge on any atom is 0.267 e. The van der Waals surface area contributed by atoms with Crippen molar-refractivity contribution in [3.63, 3.8) is 0 Å². The van der Waals surface area contributed by atoms with Gasteiger partial charge < -0.3 is 9.47 Å². The molecule has 5 rings (SSSR count). The molecule has 0 fully saturated rings. The lowest BCUT2D eigenvalue weighted by Crippen LogP contribution is -2.19. The van der Waals surface area contributed by atoms with Gasteiger partial charge in [0.2, 0.25) is 0 Å². The van der Waals surface area contributed by atoms with Gasteiger partial charge in [0.05, 0.1) is 18.4 Å². The summed E-state index contributed by atoms with van der Waals surface area (Å²) in [5, 5.41) is 4.74. The van der Waals surface area contributed by atoms with Crippen molar-refractivity contribution >= 4 is 5.65 Å². The first-order valence-corrected chi connectivity index (χ1v) is 11.0. The van der Waals surface area contributed by atoms with Crippen molar-refractivity contribution in [3.8, 4) is 28.4 Å². The second-order valence-electron chi connectivity index (χ2n) is 7.97. The van der Waals surface area contributed by atoms with Crippen LogP contribution in [0.1, 0.15) is 17.0 Å². The SMILES string of the molecule is COc1ccccc1-n1nc(-c2c(C)nc3c(OCc4ccccc4)cccn3c2=O)cc1C. The van der Waals surface area contributed by atoms with Gasteiger partial charge in [-0.1, -0.05) is 42.5 Å². The van der Waals surface area contributed by atoms with E-state index < -0.39 is 0 Å². The molecule has 170 valence electrons. The van der Waals surface area contributed by atoms with E-state index in [1.165, 1.54) is 4.40 Å². The Hall–Kier alpha value is -4.39. The Kier molecular flexibility index (Phi) is 5.59. The highest BCUT2D eigenvalue weighted by atomic mass is 16.5. The predicted molar refractivity (Wildman–Crippen MR) is 131 cm³/mol. The van der Waals surface area contributed by atoms with Gasteiger partial charge in [0.15, 0.2) is 11.4 Å². The minimum atomic E-state index is -0.197. The molecule has 0 atom stereocenters. The molecule has 0 N–H and O–H groups in total. The first-order chi connectivity index (χ1) is 16.6. The van der Waals surface area contributed by atoms with Gasteiger partial charge in [-0.15, -0.1) is 0 Å². The van der Waals surface area contributed by atoms with Crippen LogP contribution in [0, 0.1) is 13.8 Å². The van der Waals surface area contributed by atoms with Crippen LogP contribution in [0.2, 0.25) is 0 Å². The lowest BCUT2D eigenvalue weighted by Gasteiger charge is -2.12. The molecule has 0 amide bonds. The molecule has 7 nitrogen and oxygen atoms in total. The Balaban J connectivity index is 1.57. The zero-order valence-corrected chi connectivity index (χ0v) is 19.2. The number of nitrogens with zero attached hydrogens (tertiary/aromatic N) is 4. The van der Waals surface area contributed by atoms with E-state index in [4.69, 9.17) is 19.6 Å². The summed E-state index contributed by atoms with van der Waals surface area (Å²) in [6.07, 6.45) is 1.70. The molecule has 3 aromatic heterocycles. The average Bonchev–Trinajstić information content (AvgIpc) is 3.24. The fraction of sp³-hybridized carbons (Fsp3) is 0.148. The molecule has 2 aromatic carbocycles. The molecular formula is C27H24N4O3. The zero-order valence-electron chi connectivity index (χ0n) is 19.2. The summed E-state index contributed by atoms with van der Waals surface area (Å²) >= 11 is 0. The van der Waals surface area contributed by atoms with Crippen LogP contribution in [0.15, 0.2) is 83.8 Å².